The summed E-state index contributed by atoms with van der Waals surface area (Å²) in [4.78, 5) is 54.8. The molecular formula is C22H27N5O7. The number of anilines is 2. The van der Waals surface area contributed by atoms with Gasteiger partial charge in [-0.3, -0.25) is 14.9 Å². The third-order valence-corrected chi connectivity index (χ3v) is 4.66. The number of nitrogens with one attached hydrogen (secondary N) is 4. The number of aromatic nitrogens is 2. The molecule has 0 saturated heterocycles. The van der Waals surface area contributed by atoms with E-state index in [1.165, 1.54) is 6.20 Å². The maximum Gasteiger partial charge on any atom is 0.407 e. The largest absolute Gasteiger partial charge is 0.480 e. The van der Waals surface area contributed by atoms with Crippen LogP contribution >= 0.6 is 0 Å². The number of carboxylic acids is 1. The zero-order valence-corrected chi connectivity index (χ0v) is 19.0. The molecule has 0 aliphatic carbocycles. The molecule has 1 aromatic heterocycles. The van der Waals surface area contributed by atoms with Crippen LogP contribution in [0.4, 0.5) is 16.4 Å². The summed E-state index contributed by atoms with van der Waals surface area (Å²) in [5, 5.41) is 17.0. The normalized spacial score (nSPS) is 15.9. The van der Waals surface area contributed by atoms with Gasteiger partial charge in [0.15, 0.2) is 6.10 Å². The van der Waals surface area contributed by atoms with Crippen LogP contribution in [-0.4, -0.2) is 57.7 Å². The summed E-state index contributed by atoms with van der Waals surface area (Å²) in [5.74, 6) is -1.60. The Balaban J connectivity index is 1.60. The Morgan fingerprint density at radius 2 is 2.06 bits per heavy atom. The molecule has 1 aliphatic rings. The highest BCUT2D eigenvalue weighted by Crippen LogP contribution is 2.31. The Morgan fingerprint density at radius 3 is 2.71 bits per heavy atom. The lowest BCUT2D eigenvalue weighted by molar-refractivity contribution is -0.139. The standard InChI is InChI=1S/C22H27N5O7/c1-22(2,3)11-33-21(32)26-14(19(30)31)9-12-4-5-15-13(8-12)25-18(29)16(34-15)10-17(28)27-20-23-6-7-24-20/h4-8,14,16H,9-11H2,1-3H3,(H,25,29)(H,26,32)(H,30,31)(H2,23,24,27,28)/t14-,16+/m0/s1. The number of amides is 3. The first kappa shape index (κ1) is 24.6. The van der Waals surface area contributed by atoms with Gasteiger partial charge in [0.2, 0.25) is 11.9 Å². The second kappa shape index (κ2) is 10.2. The Bertz CT molecular complexity index is 1060. The van der Waals surface area contributed by atoms with Crippen molar-refractivity contribution in [2.75, 3.05) is 17.2 Å². The molecule has 0 radical (unpaired) electrons. The summed E-state index contributed by atoms with van der Waals surface area (Å²) in [5.41, 5.74) is 0.620. The van der Waals surface area contributed by atoms with Gasteiger partial charge in [-0.2, -0.15) is 0 Å². The van der Waals surface area contributed by atoms with Crippen molar-refractivity contribution in [3.63, 3.8) is 0 Å². The molecule has 1 aliphatic heterocycles. The number of imidazole rings is 1. The van der Waals surface area contributed by atoms with E-state index in [0.717, 1.165) is 0 Å². The Morgan fingerprint density at radius 1 is 1.29 bits per heavy atom. The lowest BCUT2D eigenvalue weighted by Crippen LogP contribution is -2.43. The van der Waals surface area contributed by atoms with Crippen LogP contribution in [0.2, 0.25) is 0 Å². The van der Waals surface area contributed by atoms with Gasteiger partial charge in [-0.25, -0.2) is 14.6 Å². The fourth-order valence-electron chi connectivity index (χ4n) is 3.05. The van der Waals surface area contributed by atoms with Gasteiger partial charge < -0.3 is 30.2 Å². The fraction of sp³-hybridized carbons (Fsp3) is 0.409. The summed E-state index contributed by atoms with van der Waals surface area (Å²) < 4.78 is 10.7. The van der Waals surface area contributed by atoms with Crippen LogP contribution in [0.25, 0.3) is 0 Å². The maximum atomic E-state index is 12.4. The molecule has 2 aromatic rings. The SMILES string of the molecule is CC(C)(C)COC(=O)N[C@@H](Cc1ccc2c(c1)NC(=O)[C@@H](CC(=O)Nc1ncc[nH]1)O2)C(=O)O. The van der Waals surface area contributed by atoms with Crippen molar-refractivity contribution in [2.24, 2.45) is 5.41 Å². The van der Waals surface area contributed by atoms with E-state index in [1.807, 2.05) is 20.8 Å². The van der Waals surface area contributed by atoms with Gasteiger partial charge in [0.05, 0.1) is 18.7 Å². The van der Waals surface area contributed by atoms with Crippen molar-refractivity contribution in [3.05, 3.63) is 36.2 Å². The molecule has 0 saturated carbocycles. The lowest BCUT2D eigenvalue weighted by atomic mass is 9.99. The third kappa shape index (κ3) is 6.95. The minimum absolute atomic E-state index is 0.0436. The molecule has 182 valence electrons. The molecule has 3 amide bonds. The van der Waals surface area contributed by atoms with Gasteiger partial charge in [-0.05, 0) is 23.1 Å². The first-order chi connectivity index (χ1) is 16.0. The van der Waals surface area contributed by atoms with Gasteiger partial charge in [0, 0.05) is 18.8 Å². The molecule has 0 fully saturated rings. The topological polar surface area (TPSA) is 172 Å². The number of hydrogen-bond acceptors (Lipinski definition) is 7. The number of carboxylic acid groups (broad SMARTS) is 1. The van der Waals surface area contributed by atoms with E-state index in [2.05, 4.69) is 25.9 Å². The van der Waals surface area contributed by atoms with E-state index >= 15 is 0 Å². The fourth-order valence-corrected chi connectivity index (χ4v) is 3.05. The number of nitrogens with zero attached hydrogens (tertiary/aromatic N) is 1. The molecule has 5 N–H and O–H groups in total. The number of H-pyrrole nitrogens is 1. The monoisotopic (exact) mass is 473 g/mol. The van der Waals surface area contributed by atoms with Crippen LogP contribution in [-0.2, 0) is 25.5 Å². The van der Waals surface area contributed by atoms with Gasteiger partial charge >= 0.3 is 12.1 Å². The van der Waals surface area contributed by atoms with Gasteiger partial charge in [-0.1, -0.05) is 26.8 Å². The number of ether oxygens (including phenoxy) is 2. The first-order valence-electron chi connectivity index (χ1n) is 10.6. The van der Waals surface area contributed by atoms with Crippen LogP contribution in [0, 0.1) is 5.41 Å². The number of rotatable bonds is 8. The van der Waals surface area contributed by atoms with Gasteiger partial charge in [0.1, 0.15) is 11.8 Å². The van der Waals surface area contributed by atoms with Crippen LogP contribution in [0.15, 0.2) is 30.6 Å². The predicted molar refractivity (Wildman–Crippen MR) is 120 cm³/mol. The third-order valence-electron chi connectivity index (χ3n) is 4.66. The number of fused-ring (bicyclic) bond motifs is 1. The van der Waals surface area contributed by atoms with Crippen molar-refractivity contribution < 1.29 is 33.8 Å². The van der Waals surface area contributed by atoms with Gasteiger partial charge in [0.25, 0.3) is 5.91 Å². The molecule has 2 atom stereocenters. The summed E-state index contributed by atoms with van der Waals surface area (Å²) in [6.45, 7) is 5.78. The van der Waals surface area contributed by atoms with E-state index in [0.29, 0.717) is 17.0 Å². The molecule has 0 spiro atoms. The Kier molecular flexibility index (Phi) is 7.39. The molecule has 12 nitrogen and oxygen atoms in total. The molecule has 1 aromatic carbocycles. The smallest absolute Gasteiger partial charge is 0.407 e. The van der Waals surface area contributed by atoms with Crippen molar-refractivity contribution in [3.8, 4) is 5.75 Å². The van der Waals surface area contributed by atoms with Crippen LogP contribution in [0.3, 0.4) is 0 Å². The minimum atomic E-state index is -1.23. The molecule has 2 heterocycles. The number of carbonyl (C=O) groups is 4. The number of benzene rings is 1. The maximum absolute atomic E-state index is 12.4. The van der Waals surface area contributed by atoms with E-state index in [-0.39, 0.29) is 30.8 Å². The van der Waals surface area contributed by atoms with Crippen LogP contribution in [0.5, 0.6) is 5.75 Å². The number of carbonyl (C=O) groups excluding carboxylic acids is 3. The summed E-state index contributed by atoms with van der Waals surface area (Å²) >= 11 is 0. The number of hydrogen-bond donors (Lipinski definition) is 5. The molecule has 3 rings (SSSR count). The van der Waals surface area contributed by atoms with Gasteiger partial charge in [-0.15, -0.1) is 0 Å². The van der Waals surface area contributed by atoms with Crippen LogP contribution < -0.4 is 20.7 Å². The van der Waals surface area contributed by atoms with E-state index < -0.39 is 36.0 Å². The lowest BCUT2D eigenvalue weighted by Gasteiger charge is -2.26. The van der Waals surface area contributed by atoms with E-state index in [1.54, 1.807) is 24.4 Å². The van der Waals surface area contributed by atoms with Crippen molar-refractivity contribution in [1.82, 2.24) is 15.3 Å². The number of aromatic amines is 1. The van der Waals surface area contributed by atoms with Crippen LogP contribution in [0.1, 0.15) is 32.8 Å². The van der Waals surface area contributed by atoms with E-state index in [9.17, 15) is 24.3 Å². The molecular weight excluding hydrogens is 446 g/mol. The average Bonchev–Trinajstić information content (AvgIpc) is 3.24. The molecule has 12 heteroatoms. The second-order valence-corrected chi connectivity index (χ2v) is 8.99. The Labute approximate surface area is 195 Å². The summed E-state index contributed by atoms with van der Waals surface area (Å²) in [7, 11) is 0. The highest BCUT2D eigenvalue weighted by atomic mass is 16.5. The van der Waals surface area contributed by atoms with Crippen molar-refractivity contribution in [1.29, 1.82) is 0 Å². The van der Waals surface area contributed by atoms with E-state index in [4.69, 9.17) is 9.47 Å². The van der Waals surface area contributed by atoms with Crippen molar-refractivity contribution in [2.45, 2.75) is 45.8 Å². The zero-order chi connectivity index (χ0) is 24.9. The minimum Gasteiger partial charge on any atom is -0.480 e. The summed E-state index contributed by atoms with van der Waals surface area (Å²) in [6.07, 6.45) is 0.888. The highest BCUT2D eigenvalue weighted by molar-refractivity contribution is 6.01. The summed E-state index contributed by atoms with van der Waals surface area (Å²) in [6, 6.07) is 3.51. The average molecular weight is 473 g/mol. The number of alkyl carbamates (subject to hydrolysis) is 1. The predicted octanol–water partition coefficient (Wildman–Crippen LogP) is 1.91. The zero-order valence-electron chi connectivity index (χ0n) is 19.0. The van der Waals surface area contributed by atoms with Crippen molar-refractivity contribution >= 4 is 35.5 Å². The first-order valence-corrected chi connectivity index (χ1v) is 10.6. The number of aliphatic carboxylic acids is 1. The molecule has 0 bridgehead atoms. The highest BCUT2D eigenvalue weighted by Gasteiger charge is 2.31. The quantitative estimate of drug-likeness (QED) is 0.387. The Hall–Kier alpha value is -4.09. The second-order valence-electron chi connectivity index (χ2n) is 8.99. The molecule has 34 heavy (non-hydrogen) atoms. The molecule has 0 unspecified atom stereocenters.